The van der Waals surface area contributed by atoms with Crippen LogP contribution in [0.4, 0.5) is 0 Å². The van der Waals surface area contributed by atoms with E-state index < -0.39 is 5.60 Å². The molecule has 1 N–H and O–H groups in total. The van der Waals surface area contributed by atoms with Crippen LogP contribution in [-0.2, 0) is 9.53 Å². The molecule has 0 aromatic heterocycles. The summed E-state index contributed by atoms with van der Waals surface area (Å²) < 4.78 is 16.4. The molecule has 1 aromatic rings. The molecule has 1 aliphatic rings. The number of nitrogens with one attached hydrogen (secondary N) is 1. The van der Waals surface area contributed by atoms with Crippen LogP contribution in [0, 0.1) is 11.8 Å². The molecule has 1 heterocycles. The largest absolute Gasteiger partial charge is 0.497 e. The normalized spacial score (nSPS) is 22.9. The van der Waals surface area contributed by atoms with Gasteiger partial charge in [0.25, 0.3) is 0 Å². The standard InChI is InChI=1S/C19H25NO4/c1-4-18(21)24-19(11-13-20(2)14-12-19)10-5-15-23-17-8-6-16(22-3)7-9-17/h6-9H,4,11-15H2,1-3H3/p+1. The van der Waals surface area contributed by atoms with E-state index in [1.54, 1.807) is 14.0 Å². The zero-order valence-corrected chi connectivity index (χ0v) is 14.7. The van der Waals surface area contributed by atoms with Gasteiger partial charge in [-0.05, 0) is 24.3 Å². The maximum Gasteiger partial charge on any atom is 0.307 e. The predicted molar refractivity (Wildman–Crippen MR) is 91.2 cm³/mol. The first-order valence-corrected chi connectivity index (χ1v) is 8.37. The van der Waals surface area contributed by atoms with Gasteiger partial charge in [0, 0.05) is 19.3 Å². The third-order valence-electron chi connectivity index (χ3n) is 4.20. The first-order chi connectivity index (χ1) is 11.6. The van der Waals surface area contributed by atoms with Gasteiger partial charge in [-0.25, -0.2) is 0 Å². The van der Waals surface area contributed by atoms with E-state index in [1.807, 2.05) is 24.3 Å². The Morgan fingerprint density at radius 1 is 1.21 bits per heavy atom. The number of hydrogen-bond acceptors (Lipinski definition) is 4. The maximum absolute atomic E-state index is 11.7. The third kappa shape index (κ3) is 5.17. The fourth-order valence-corrected chi connectivity index (χ4v) is 2.61. The lowest BCUT2D eigenvalue weighted by atomic mass is 9.92. The van der Waals surface area contributed by atoms with Crippen molar-refractivity contribution < 1.29 is 23.9 Å². The summed E-state index contributed by atoms with van der Waals surface area (Å²) in [5.74, 6) is 7.51. The molecule has 1 saturated heterocycles. The van der Waals surface area contributed by atoms with Gasteiger partial charge in [0.2, 0.25) is 0 Å². The van der Waals surface area contributed by atoms with Gasteiger partial charge in [-0.3, -0.25) is 4.79 Å². The second kappa shape index (κ2) is 8.60. The molecule has 0 saturated carbocycles. The van der Waals surface area contributed by atoms with Crippen LogP contribution in [0.15, 0.2) is 24.3 Å². The van der Waals surface area contributed by atoms with Crippen LogP contribution in [-0.4, -0.2) is 45.4 Å². The molecule has 5 heteroatoms. The monoisotopic (exact) mass is 332 g/mol. The number of esters is 1. The molecule has 0 radical (unpaired) electrons. The molecule has 5 nitrogen and oxygen atoms in total. The lowest BCUT2D eigenvalue weighted by Crippen LogP contribution is -3.10. The van der Waals surface area contributed by atoms with E-state index in [-0.39, 0.29) is 12.6 Å². The molecular formula is C19H26NO4+. The molecule has 0 atom stereocenters. The lowest BCUT2D eigenvalue weighted by Gasteiger charge is -2.34. The summed E-state index contributed by atoms with van der Waals surface area (Å²) >= 11 is 0. The second-order valence-electron chi connectivity index (χ2n) is 6.05. The van der Waals surface area contributed by atoms with Crippen molar-refractivity contribution in [3.05, 3.63) is 24.3 Å². The number of carbonyl (C=O) groups is 1. The fourth-order valence-electron chi connectivity index (χ4n) is 2.61. The Balaban J connectivity index is 1.96. The Kier molecular flexibility index (Phi) is 6.51. The Morgan fingerprint density at radius 2 is 1.83 bits per heavy atom. The highest BCUT2D eigenvalue weighted by molar-refractivity contribution is 5.70. The number of ether oxygens (including phenoxy) is 3. The minimum absolute atomic E-state index is 0.195. The average molecular weight is 332 g/mol. The second-order valence-corrected chi connectivity index (χ2v) is 6.05. The van der Waals surface area contributed by atoms with Gasteiger partial charge in [-0.1, -0.05) is 18.8 Å². The van der Waals surface area contributed by atoms with E-state index >= 15 is 0 Å². The van der Waals surface area contributed by atoms with Crippen LogP contribution < -0.4 is 14.4 Å². The van der Waals surface area contributed by atoms with Gasteiger partial charge >= 0.3 is 5.97 Å². The van der Waals surface area contributed by atoms with Gasteiger partial charge in [-0.2, -0.15) is 0 Å². The van der Waals surface area contributed by atoms with E-state index in [0.29, 0.717) is 6.42 Å². The smallest absolute Gasteiger partial charge is 0.307 e. The topological polar surface area (TPSA) is 49.2 Å². The number of benzene rings is 1. The number of methoxy groups -OCH3 is 1. The summed E-state index contributed by atoms with van der Waals surface area (Å²) in [6, 6.07) is 7.36. The van der Waals surface area contributed by atoms with Crippen LogP contribution in [0.3, 0.4) is 0 Å². The first kappa shape index (κ1) is 18.2. The van der Waals surface area contributed by atoms with Crippen LogP contribution in [0.2, 0.25) is 0 Å². The molecule has 0 unspecified atom stereocenters. The summed E-state index contributed by atoms with van der Waals surface area (Å²) in [4.78, 5) is 13.2. The van der Waals surface area contributed by atoms with Crippen molar-refractivity contribution in [1.29, 1.82) is 0 Å². The predicted octanol–water partition coefficient (Wildman–Crippen LogP) is 1.08. The molecule has 0 bridgehead atoms. The number of carbonyl (C=O) groups excluding carboxylic acids is 1. The van der Waals surface area contributed by atoms with Crippen molar-refractivity contribution in [2.75, 3.05) is 33.9 Å². The van der Waals surface area contributed by atoms with Gasteiger partial charge in [0.1, 0.15) is 18.1 Å². The van der Waals surface area contributed by atoms with Crippen molar-refractivity contribution in [2.24, 2.45) is 0 Å². The SMILES string of the molecule is CCC(=O)OC1(C#CCOc2ccc(OC)cc2)CC[NH+](C)CC1. The highest BCUT2D eigenvalue weighted by Crippen LogP contribution is 2.22. The fraction of sp³-hybridized carbons (Fsp3) is 0.526. The summed E-state index contributed by atoms with van der Waals surface area (Å²) in [5, 5.41) is 0. The molecular weight excluding hydrogens is 306 g/mol. The third-order valence-corrected chi connectivity index (χ3v) is 4.20. The van der Waals surface area contributed by atoms with Crippen LogP contribution in [0.5, 0.6) is 11.5 Å². The minimum atomic E-state index is -0.657. The van der Waals surface area contributed by atoms with E-state index in [0.717, 1.165) is 37.4 Å². The van der Waals surface area contributed by atoms with Crippen molar-refractivity contribution in [3.8, 4) is 23.3 Å². The maximum atomic E-state index is 11.7. The molecule has 0 amide bonds. The molecule has 1 fully saturated rings. The van der Waals surface area contributed by atoms with Crippen molar-refractivity contribution >= 4 is 5.97 Å². The number of likely N-dealkylation sites (tertiary alicyclic amines) is 1. The molecule has 1 aliphatic heterocycles. The summed E-state index contributed by atoms with van der Waals surface area (Å²) in [6.45, 7) is 3.97. The Morgan fingerprint density at radius 3 is 2.42 bits per heavy atom. The summed E-state index contributed by atoms with van der Waals surface area (Å²) in [6.07, 6.45) is 1.90. The molecule has 0 spiro atoms. The number of rotatable bonds is 5. The zero-order valence-electron chi connectivity index (χ0n) is 14.7. The quantitative estimate of drug-likeness (QED) is 0.647. The Bertz CT molecular complexity index is 592. The van der Waals surface area contributed by atoms with E-state index in [1.165, 1.54) is 4.90 Å². The van der Waals surface area contributed by atoms with Crippen molar-refractivity contribution in [2.45, 2.75) is 31.8 Å². The van der Waals surface area contributed by atoms with Gasteiger partial charge in [0.05, 0.1) is 27.2 Å². The Labute approximate surface area is 143 Å². The zero-order chi connectivity index (χ0) is 17.4. The number of piperidine rings is 1. The highest BCUT2D eigenvalue weighted by Gasteiger charge is 2.37. The summed E-state index contributed by atoms with van der Waals surface area (Å²) in [7, 11) is 3.77. The van der Waals surface area contributed by atoms with E-state index in [4.69, 9.17) is 14.2 Å². The summed E-state index contributed by atoms with van der Waals surface area (Å²) in [5.41, 5.74) is -0.657. The van der Waals surface area contributed by atoms with Crippen molar-refractivity contribution in [1.82, 2.24) is 0 Å². The molecule has 0 aliphatic carbocycles. The minimum Gasteiger partial charge on any atom is -0.497 e. The van der Waals surface area contributed by atoms with Crippen molar-refractivity contribution in [3.63, 3.8) is 0 Å². The van der Waals surface area contributed by atoms with E-state index in [9.17, 15) is 4.79 Å². The number of hydrogen-bond donors (Lipinski definition) is 1. The van der Waals surface area contributed by atoms with Gasteiger partial charge in [-0.15, -0.1) is 0 Å². The average Bonchev–Trinajstić information content (AvgIpc) is 2.62. The van der Waals surface area contributed by atoms with Crippen LogP contribution in [0.25, 0.3) is 0 Å². The lowest BCUT2D eigenvalue weighted by molar-refractivity contribution is -0.886. The van der Waals surface area contributed by atoms with Crippen LogP contribution >= 0.6 is 0 Å². The van der Waals surface area contributed by atoms with Crippen LogP contribution in [0.1, 0.15) is 26.2 Å². The van der Waals surface area contributed by atoms with E-state index in [2.05, 4.69) is 18.9 Å². The van der Waals surface area contributed by atoms with Gasteiger partial charge in [0.15, 0.2) is 5.60 Å². The van der Waals surface area contributed by atoms with Gasteiger partial charge < -0.3 is 19.1 Å². The molecule has 1 aromatic carbocycles. The molecule has 130 valence electrons. The Hall–Kier alpha value is -2.19. The number of quaternary nitrogens is 1. The highest BCUT2D eigenvalue weighted by atomic mass is 16.6. The molecule has 2 rings (SSSR count). The first-order valence-electron chi connectivity index (χ1n) is 8.37. The molecule has 24 heavy (non-hydrogen) atoms.